The standard InChI is InChI=1S/C3H6ClN.ClHO/c1-3(4)2-5;1-2/h2H,5H2,1H3;2H/b3-2+;. The van der Waals surface area contributed by atoms with Crippen molar-refractivity contribution in [3.8, 4) is 0 Å². The first-order valence-electron chi connectivity index (χ1n) is 1.48. The minimum absolute atomic E-state index is 0.630. The molecule has 0 aliphatic heterocycles. The van der Waals surface area contributed by atoms with Crippen LogP contribution in [0, 0.1) is 0 Å². The molecular formula is C3H7Cl2NO. The van der Waals surface area contributed by atoms with Gasteiger partial charge in [0, 0.05) is 11.2 Å². The summed E-state index contributed by atoms with van der Waals surface area (Å²) in [5.74, 6) is 0. The fraction of sp³-hybridized carbons (Fsp3) is 0.333. The van der Waals surface area contributed by atoms with Crippen molar-refractivity contribution in [2.75, 3.05) is 0 Å². The molecule has 0 fully saturated rings. The molecule has 3 N–H and O–H groups in total. The first kappa shape index (κ1) is 10.1. The average Bonchev–Trinajstić information content (AvgIpc) is 1.73. The molecule has 0 aromatic heterocycles. The number of allylic oxidation sites excluding steroid dienone is 1. The Morgan fingerprint density at radius 1 is 1.71 bits per heavy atom. The highest BCUT2D eigenvalue weighted by Crippen LogP contribution is 1.90. The third-order valence-electron chi connectivity index (χ3n) is 0.230. The Labute approximate surface area is 52.7 Å². The van der Waals surface area contributed by atoms with Crippen LogP contribution in [0.25, 0.3) is 0 Å². The van der Waals surface area contributed by atoms with Crippen LogP contribution in [0.15, 0.2) is 11.2 Å². The molecule has 0 amide bonds. The zero-order valence-corrected chi connectivity index (χ0v) is 5.37. The van der Waals surface area contributed by atoms with Gasteiger partial charge in [-0.05, 0) is 6.92 Å². The summed E-state index contributed by atoms with van der Waals surface area (Å²) in [5.41, 5.74) is 4.88. The molecule has 0 aromatic carbocycles. The van der Waals surface area contributed by atoms with Gasteiger partial charge in [0.2, 0.25) is 0 Å². The van der Waals surface area contributed by atoms with Crippen molar-refractivity contribution in [1.82, 2.24) is 0 Å². The molecule has 0 rings (SSSR count). The Morgan fingerprint density at radius 3 is 1.86 bits per heavy atom. The molecule has 7 heavy (non-hydrogen) atoms. The molecule has 0 saturated heterocycles. The monoisotopic (exact) mass is 143 g/mol. The molecule has 0 aliphatic carbocycles. The molecule has 0 bridgehead atoms. The van der Waals surface area contributed by atoms with Crippen molar-refractivity contribution in [2.45, 2.75) is 6.92 Å². The molecular weight excluding hydrogens is 137 g/mol. The van der Waals surface area contributed by atoms with E-state index >= 15 is 0 Å². The first-order chi connectivity index (χ1) is 3.27. The van der Waals surface area contributed by atoms with Crippen molar-refractivity contribution < 1.29 is 4.66 Å². The number of hydrogen-bond donors (Lipinski definition) is 2. The summed E-state index contributed by atoms with van der Waals surface area (Å²) >= 11 is 8.84. The average molecular weight is 144 g/mol. The summed E-state index contributed by atoms with van der Waals surface area (Å²) in [6, 6.07) is 0. The van der Waals surface area contributed by atoms with E-state index in [1.807, 2.05) is 0 Å². The van der Waals surface area contributed by atoms with Crippen LogP contribution in [0.4, 0.5) is 0 Å². The lowest BCUT2D eigenvalue weighted by molar-refractivity contribution is 0.632. The summed E-state index contributed by atoms with van der Waals surface area (Å²) in [4.78, 5) is 0. The fourth-order valence-electron chi connectivity index (χ4n) is 0. The van der Waals surface area contributed by atoms with Gasteiger partial charge in [-0.3, -0.25) is 4.66 Å². The minimum Gasteiger partial charge on any atom is -0.404 e. The van der Waals surface area contributed by atoms with Crippen LogP contribution >= 0.6 is 23.5 Å². The Kier molecular flexibility index (Phi) is 13.7. The Bertz CT molecular complexity index is 50.9. The molecule has 0 heterocycles. The lowest BCUT2D eigenvalue weighted by Gasteiger charge is -1.71. The maximum Gasteiger partial charge on any atom is 0.0579 e. The van der Waals surface area contributed by atoms with Gasteiger partial charge < -0.3 is 5.73 Å². The smallest absolute Gasteiger partial charge is 0.0579 e. The van der Waals surface area contributed by atoms with Crippen molar-refractivity contribution in [2.24, 2.45) is 5.73 Å². The van der Waals surface area contributed by atoms with Crippen LogP contribution in [0.2, 0.25) is 0 Å². The van der Waals surface area contributed by atoms with E-state index in [1.54, 1.807) is 6.92 Å². The predicted octanol–water partition coefficient (Wildman–Crippen LogP) is 1.18. The molecule has 0 atom stereocenters. The van der Waals surface area contributed by atoms with Crippen LogP contribution in [0.1, 0.15) is 6.92 Å². The van der Waals surface area contributed by atoms with Gasteiger partial charge in [0.25, 0.3) is 0 Å². The third-order valence-corrected chi connectivity index (χ3v) is 0.356. The van der Waals surface area contributed by atoms with Crippen LogP contribution in [0.3, 0.4) is 0 Å². The molecule has 0 aromatic rings. The maximum absolute atomic E-state index is 6.47. The zero-order chi connectivity index (χ0) is 6.28. The second-order valence-electron chi connectivity index (χ2n) is 0.753. The summed E-state index contributed by atoms with van der Waals surface area (Å²) in [6.45, 7) is 1.72. The van der Waals surface area contributed by atoms with Gasteiger partial charge in [0.15, 0.2) is 0 Å². The predicted molar refractivity (Wildman–Crippen MR) is 31.9 cm³/mol. The van der Waals surface area contributed by atoms with Crippen molar-refractivity contribution in [1.29, 1.82) is 0 Å². The third kappa shape index (κ3) is 23.4. The molecule has 0 radical (unpaired) electrons. The van der Waals surface area contributed by atoms with Crippen molar-refractivity contribution in [3.05, 3.63) is 11.2 Å². The van der Waals surface area contributed by atoms with Gasteiger partial charge in [-0.25, -0.2) is 0 Å². The molecule has 0 aliphatic rings. The topological polar surface area (TPSA) is 46.2 Å². The quantitative estimate of drug-likeness (QED) is 0.536. The Hall–Kier alpha value is 0.0800. The van der Waals surface area contributed by atoms with E-state index in [4.69, 9.17) is 22.0 Å². The summed E-state index contributed by atoms with van der Waals surface area (Å²) < 4.78 is 6.47. The van der Waals surface area contributed by atoms with Crippen LogP contribution in [0.5, 0.6) is 0 Å². The first-order valence-corrected chi connectivity index (χ1v) is 2.20. The zero-order valence-electron chi connectivity index (χ0n) is 3.86. The van der Waals surface area contributed by atoms with E-state index in [9.17, 15) is 0 Å². The second kappa shape index (κ2) is 9.43. The molecule has 44 valence electrons. The largest absolute Gasteiger partial charge is 0.404 e. The number of halogens is 2. The van der Waals surface area contributed by atoms with E-state index in [1.165, 1.54) is 6.20 Å². The maximum atomic E-state index is 6.47. The lowest BCUT2D eigenvalue weighted by Crippen LogP contribution is -1.74. The number of rotatable bonds is 0. The number of hydrogen-bond acceptors (Lipinski definition) is 2. The summed E-state index contributed by atoms with van der Waals surface area (Å²) in [6.07, 6.45) is 1.35. The van der Waals surface area contributed by atoms with E-state index < -0.39 is 0 Å². The molecule has 0 saturated carbocycles. The van der Waals surface area contributed by atoms with Crippen LogP contribution < -0.4 is 5.73 Å². The SMILES string of the molecule is C/C(Cl)=C\N.OCl. The van der Waals surface area contributed by atoms with Crippen molar-refractivity contribution in [3.63, 3.8) is 0 Å². The van der Waals surface area contributed by atoms with Gasteiger partial charge in [-0.1, -0.05) is 11.6 Å². The Balaban J connectivity index is 0. The van der Waals surface area contributed by atoms with E-state index in [2.05, 4.69) is 11.9 Å². The highest BCUT2D eigenvalue weighted by Gasteiger charge is 1.64. The lowest BCUT2D eigenvalue weighted by atomic mass is 10.7. The van der Waals surface area contributed by atoms with Gasteiger partial charge >= 0.3 is 0 Å². The normalized spacial score (nSPS) is 9.43. The highest BCUT2D eigenvalue weighted by atomic mass is 35.5. The van der Waals surface area contributed by atoms with E-state index in [0.717, 1.165) is 0 Å². The summed E-state index contributed by atoms with van der Waals surface area (Å²) in [7, 11) is 0. The molecule has 0 unspecified atom stereocenters. The Morgan fingerprint density at radius 2 is 1.86 bits per heavy atom. The highest BCUT2D eigenvalue weighted by molar-refractivity contribution is 6.29. The molecule has 0 spiro atoms. The fourth-order valence-corrected chi connectivity index (χ4v) is 0. The van der Waals surface area contributed by atoms with Gasteiger partial charge in [-0.2, -0.15) is 0 Å². The molecule has 2 nitrogen and oxygen atoms in total. The van der Waals surface area contributed by atoms with Gasteiger partial charge in [-0.15, -0.1) is 0 Å². The van der Waals surface area contributed by atoms with E-state index in [-0.39, 0.29) is 0 Å². The van der Waals surface area contributed by atoms with Gasteiger partial charge in [0.1, 0.15) is 0 Å². The summed E-state index contributed by atoms with van der Waals surface area (Å²) in [5, 5.41) is 0.630. The van der Waals surface area contributed by atoms with E-state index in [0.29, 0.717) is 5.03 Å². The minimum atomic E-state index is 0.630. The van der Waals surface area contributed by atoms with Crippen LogP contribution in [-0.2, 0) is 0 Å². The number of nitrogens with two attached hydrogens (primary N) is 1. The van der Waals surface area contributed by atoms with Crippen molar-refractivity contribution >= 4 is 23.5 Å². The van der Waals surface area contributed by atoms with Gasteiger partial charge in [0.05, 0.1) is 11.9 Å². The van der Waals surface area contributed by atoms with Crippen LogP contribution in [-0.4, -0.2) is 4.66 Å². The molecule has 4 heteroatoms. The second-order valence-corrected chi connectivity index (χ2v) is 1.35.